The first-order valence-corrected chi connectivity index (χ1v) is 4.91. The van der Waals surface area contributed by atoms with Crippen LogP contribution in [0.4, 0.5) is 0 Å². The molecule has 0 spiro atoms. The monoisotopic (exact) mass is 220 g/mol. The molecule has 1 heterocycles. The number of rotatable bonds is 3. The molecule has 0 radical (unpaired) electrons. The third-order valence-electron chi connectivity index (χ3n) is 2.69. The van der Waals surface area contributed by atoms with Crippen LogP contribution >= 0.6 is 0 Å². The van der Waals surface area contributed by atoms with Gasteiger partial charge in [0.05, 0.1) is 0 Å². The summed E-state index contributed by atoms with van der Waals surface area (Å²) in [7, 11) is 0. The molecular formula is C12H12O4. The molecule has 0 bridgehead atoms. The molecule has 4 heteroatoms. The maximum atomic E-state index is 10.8. The Morgan fingerprint density at radius 2 is 2.12 bits per heavy atom. The fourth-order valence-corrected chi connectivity index (χ4v) is 1.57. The van der Waals surface area contributed by atoms with E-state index in [-0.39, 0.29) is 18.3 Å². The van der Waals surface area contributed by atoms with E-state index in [4.69, 9.17) is 14.6 Å². The first-order valence-electron chi connectivity index (χ1n) is 4.91. The van der Waals surface area contributed by atoms with Crippen molar-refractivity contribution < 1.29 is 19.4 Å². The minimum Gasteiger partial charge on any atom is -0.478 e. The summed E-state index contributed by atoms with van der Waals surface area (Å²) in [6.07, 6.45) is 0. The van der Waals surface area contributed by atoms with Crippen LogP contribution in [0, 0.1) is 0 Å². The van der Waals surface area contributed by atoms with E-state index in [1.807, 2.05) is 6.07 Å². The summed E-state index contributed by atoms with van der Waals surface area (Å²) in [6.45, 7) is 5.57. The van der Waals surface area contributed by atoms with Crippen LogP contribution in [0.15, 0.2) is 30.4 Å². The minimum atomic E-state index is -0.981. The Hall–Kier alpha value is -1.97. The summed E-state index contributed by atoms with van der Waals surface area (Å²) >= 11 is 0. The Bertz CT molecular complexity index is 450. The molecular weight excluding hydrogens is 208 g/mol. The fraction of sp³-hybridized carbons (Fsp3) is 0.250. The summed E-state index contributed by atoms with van der Waals surface area (Å²) in [5.41, 5.74) is 1.02. The van der Waals surface area contributed by atoms with Crippen molar-refractivity contribution in [1.29, 1.82) is 0 Å². The molecule has 0 saturated heterocycles. The van der Waals surface area contributed by atoms with Gasteiger partial charge in [0.2, 0.25) is 6.79 Å². The van der Waals surface area contributed by atoms with Gasteiger partial charge in [0.1, 0.15) is 0 Å². The van der Waals surface area contributed by atoms with E-state index >= 15 is 0 Å². The van der Waals surface area contributed by atoms with Crippen LogP contribution in [0.3, 0.4) is 0 Å². The number of benzene rings is 1. The van der Waals surface area contributed by atoms with Gasteiger partial charge in [-0.25, -0.2) is 4.79 Å². The third kappa shape index (κ3) is 1.74. The van der Waals surface area contributed by atoms with Gasteiger partial charge in [0, 0.05) is 11.5 Å². The van der Waals surface area contributed by atoms with Gasteiger partial charge in [0.25, 0.3) is 0 Å². The number of aliphatic carboxylic acids is 1. The summed E-state index contributed by atoms with van der Waals surface area (Å²) in [5.74, 6) is 0.122. The highest BCUT2D eigenvalue weighted by Gasteiger charge is 2.19. The average molecular weight is 220 g/mol. The SMILES string of the molecule is C=C(C(=O)O)C(C)c1ccc2c(c1)OCO2. The van der Waals surface area contributed by atoms with Crippen molar-refractivity contribution >= 4 is 5.97 Å². The molecule has 2 rings (SSSR count). The number of carbonyl (C=O) groups is 1. The smallest absolute Gasteiger partial charge is 0.331 e. The maximum absolute atomic E-state index is 10.8. The molecule has 0 amide bonds. The van der Waals surface area contributed by atoms with Crippen molar-refractivity contribution in [2.24, 2.45) is 0 Å². The number of hydrogen-bond donors (Lipinski definition) is 1. The van der Waals surface area contributed by atoms with Gasteiger partial charge in [-0.3, -0.25) is 0 Å². The van der Waals surface area contributed by atoms with E-state index in [2.05, 4.69) is 6.58 Å². The van der Waals surface area contributed by atoms with Crippen LogP contribution in [-0.2, 0) is 4.79 Å². The van der Waals surface area contributed by atoms with E-state index in [1.54, 1.807) is 19.1 Å². The van der Waals surface area contributed by atoms with Crippen molar-refractivity contribution in [3.8, 4) is 11.5 Å². The number of carboxylic acid groups (broad SMARTS) is 1. The van der Waals surface area contributed by atoms with E-state index in [0.717, 1.165) is 5.56 Å². The van der Waals surface area contributed by atoms with Crippen molar-refractivity contribution in [3.05, 3.63) is 35.9 Å². The first-order chi connectivity index (χ1) is 7.59. The molecule has 84 valence electrons. The predicted octanol–water partition coefficient (Wildman–Crippen LogP) is 2.16. The lowest BCUT2D eigenvalue weighted by Gasteiger charge is -2.12. The van der Waals surface area contributed by atoms with Crippen LogP contribution in [0.2, 0.25) is 0 Å². The first kappa shape index (κ1) is 10.5. The van der Waals surface area contributed by atoms with Gasteiger partial charge in [-0.1, -0.05) is 19.6 Å². The average Bonchev–Trinajstić information content (AvgIpc) is 2.73. The Kier molecular flexibility index (Phi) is 2.56. The van der Waals surface area contributed by atoms with E-state index in [0.29, 0.717) is 11.5 Å². The Morgan fingerprint density at radius 1 is 1.44 bits per heavy atom. The highest BCUT2D eigenvalue weighted by molar-refractivity contribution is 5.87. The summed E-state index contributed by atoms with van der Waals surface area (Å²) in [4.78, 5) is 10.8. The van der Waals surface area contributed by atoms with Gasteiger partial charge >= 0.3 is 5.97 Å². The summed E-state index contributed by atoms with van der Waals surface area (Å²) in [6, 6.07) is 5.40. The molecule has 0 saturated carbocycles. The van der Waals surface area contributed by atoms with Gasteiger partial charge < -0.3 is 14.6 Å². The van der Waals surface area contributed by atoms with E-state index in [1.165, 1.54) is 0 Å². The highest BCUT2D eigenvalue weighted by atomic mass is 16.7. The van der Waals surface area contributed by atoms with Gasteiger partial charge in [-0.2, -0.15) is 0 Å². The van der Waals surface area contributed by atoms with Crippen molar-refractivity contribution in [1.82, 2.24) is 0 Å². The number of hydrogen-bond acceptors (Lipinski definition) is 3. The van der Waals surface area contributed by atoms with Crippen molar-refractivity contribution in [3.63, 3.8) is 0 Å². The Morgan fingerprint density at radius 3 is 2.81 bits per heavy atom. The molecule has 1 aliphatic rings. The zero-order valence-corrected chi connectivity index (χ0v) is 8.90. The van der Waals surface area contributed by atoms with Crippen LogP contribution in [0.1, 0.15) is 18.4 Å². The Labute approximate surface area is 93.1 Å². The third-order valence-corrected chi connectivity index (χ3v) is 2.69. The van der Waals surface area contributed by atoms with Crippen molar-refractivity contribution in [2.75, 3.05) is 6.79 Å². The Balaban J connectivity index is 2.28. The maximum Gasteiger partial charge on any atom is 0.331 e. The molecule has 1 atom stereocenters. The molecule has 0 fully saturated rings. The zero-order valence-electron chi connectivity index (χ0n) is 8.90. The molecule has 1 N–H and O–H groups in total. The highest BCUT2D eigenvalue weighted by Crippen LogP contribution is 2.35. The van der Waals surface area contributed by atoms with Crippen LogP contribution in [-0.4, -0.2) is 17.9 Å². The van der Waals surface area contributed by atoms with Gasteiger partial charge in [-0.05, 0) is 17.7 Å². The molecule has 1 aliphatic heterocycles. The molecule has 4 nitrogen and oxygen atoms in total. The lowest BCUT2D eigenvalue weighted by molar-refractivity contribution is -0.132. The van der Waals surface area contributed by atoms with E-state index in [9.17, 15) is 4.79 Å². The molecule has 0 aromatic heterocycles. The molecule has 1 aromatic rings. The molecule has 0 aliphatic carbocycles. The quantitative estimate of drug-likeness (QED) is 0.793. The molecule has 1 aromatic carbocycles. The standard InChI is InChI=1S/C12H12O4/c1-7(8(2)12(13)14)9-3-4-10-11(5-9)16-6-15-10/h3-5,7H,2,6H2,1H3,(H,13,14). The lowest BCUT2D eigenvalue weighted by atomic mass is 9.94. The largest absolute Gasteiger partial charge is 0.478 e. The van der Waals surface area contributed by atoms with E-state index < -0.39 is 5.97 Å². The molecule has 1 unspecified atom stereocenters. The number of carboxylic acids is 1. The number of fused-ring (bicyclic) bond motifs is 1. The van der Waals surface area contributed by atoms with Crippen LogP contribution in [0.25, 0.3) is 0 Å². The number of ether oxygens (including phenoxy) is 2. The second kappa shape index (κ2) is 3.89. The topological polar surface area (TPSA) is 55.8 Å². The molecule has 16 heavy (non-hydrogen) atoms. The van der Waals surface area contributed by atoms with Crippen molar-refractivity contribution in [2.45, 2.75) is 12.8 Å². The predicted molar refractivity (Wildman–Crippen MR) is 57.8 cm³/mol. The van der Waals surface area contributed by atoms with Gasteiger partial charge in [0.15, 0.2) is 11.5 Å². The summed E-state index contributed by atoms with van der Waals surface area (Å²) < 4.78 is 10.4. The van der Waals surface area contributed by atoms with Crippen LogP contribution in [0.5, 0.6) is 11.5 Å². The minimum absolute atomic E-state index is 0.166. The second-order valence-corrected chi connectivity index (χ2v) is 3.66. The van der Waals surface area contributed by atoms with Gasteiger partial charge in [-0.15, -0.1) is 0 Å². The fourth-order valence-electron chi connectivity index (χ4n) is 1.57. The second-order valence-electron chi connectivity index (χ2n) is 3.66. The summed E-state index contributed by atoms with van der Waals surface area (Å²) in [5, 5.41) is 8.85. The zero-order chi connectivity index (χ0) is 11.7. The lowest BCUT2D eigenvalue weighted by Crippen LogP contribution is -2.07. The normalized spacial score (nSPS) is 14.6. The van der Waals surface area contributed by atoms with Crippen LogP contribution < -0.4 is 9.47 Å².